The number of hydrogen-bond donors (Lipinski definition) is 1. The van der Waals surface area contributed by atoms with Gasteiger partial charge in [-0.3, -0.25) is 4.79 Å². The summed E-state index contributed by atoms with van der Waals surface area (Å²) in [6, 6.07) is 11.7. The van der Waals surface area contributed by atoms with E-state index in [1.165, 1.54) is 17.8 Å². The number of oxazole rings is 1. The van der Waals surface area contributed by atoms with Crippen LogP contribution in [0.3, 0.4) is 0 Å². The molecule has 0 unspecified atom stereocenters. The number of aromatic nitrogens is 1. The lowest BCUT2D eigenvalue weighted by atomic mass is 10.2. The zero-order valence-corrected chi connectivity index (χ0v) is 12.8. The van der Waals surface area contributed by atoms with E-state index >= 15 is 0 Å². The largest absolute Gasteiger partial charge is 0.493 e. The molecule has 0 bridgehead atoms. The van der Waals surface area contributed by atoms with Gasteiger partial charge in [0.1, 0.15) is 17.1 Å². The van der Waals surface area contributed by atoms with Crippen LogP contribution in [0.5, 0.6) is 5.75 Å². The number of para-hydroxylation sites is 1. The van der Waals surface area contributed by atoms with Gasteiger partial charge in [0.25, 0.3) is 11.1 Å². The number of nitrogens with zero attached hydrogens (tertiary/aromatic N) is 1. The summed E-state index contributed by atoms with van der Waals surface area (Å²) in [6.45, 7) is 0.463. The fourth-order valence-corrected chi connectivity index (χ4v) is 2.67. The summed E-state index contributed by atoms with van der Waals surface area (Å²) in [6.07, 6.45) is 0. The average Bonchev–Trinajstić information content (AvgIpc) is 2.94. The van der Waals surface area contributed by atoms with Crippen molar-refractivity contribution in [1.82, 2.24) is 4.98 Å². The second-order valence-corrected chi connectivity index (χ2v) is 5.70. The summed E-state index contributed by atoms with van der Waals surface area (Å²) in [4.78, 5) is 15.5. The van der Waals surface area contributed by atoms with Crippen molar-refractivity contribution in [2.45, 2.75) is 5.22 Å². The molecule has 0 saturated carbocycles. The first-order valence-electron chi connectivity index (χ1n) is 6.84. The molecule has 1 heterocycles. The van der Waals surface area contributed by atoms with Gasteiger partial charge in [0.2, 0.25) is 0 Å². The van der Waals surface area contributed by atoms with Crippen molar-refractivity contribution in [3.8, 4) is 5.75 Å². The highest BCUT2D eigenvalue weighted by atomic mass is 32.2. The molecule has 0 spiro atoms. The van der Waals surface area contributed by atoms with Crippen molar-refractivity contribution in [3.05, 3.63) is 53.8 Å². The molecule has 5 nitrogen and oxygen atoms in total. The quantitative estimate of drug-likeness (QED) is 0.554. The number of nitrogens with two attached hydrogens (primary N) is 1. The molecule has 0 saturated heterocycles. The highest BCUT2D eigenvalue weighted by Crippen LogP contribution is 2.27. The number of ether oxygens (including phenoxy) is 1. The topological polar surface area (TPSA) is 78.4 Å². The van der Waals surface area contributed by atoms with E-state index in [0.717, 1.165) is 11.8 Å². The molecule has 0 aliphatic rings. The molecule has 0 aliphatic carbocycles. The van der Waals surface area contributed by atoms with E-state index in [1.54, 1.807) is 0 Å². The molecule has 0 atom stereocenters. The zero-order chi connectivity index (χ0) is 16.2. The molecule has 2 N–H and O–H groups in total. The Bertz CT molecular complexity index is 836. The van der Waals surface area contributed by atoms with Gasteiger partial charge in [-0.15, -0.1) is 0 Å². The van der Waals surface area contributed by atoms with E-state index in [1.807, 2.05) is 30.3 Å². The number of rotatable bonds is 6. The maximum absolute atomic E-state index is 13.4. The van der Waals surface area contributed by atoms with Crippen LogP contribution in [-0.2, 0) is 0 Å². The zero-order valence-electron chi connectivity index (χ0n) is 12.0. The fraction of sp³-hybridized carbons (Fsp3) is 0.125. The number of amides is 1. The first kappa shape index (κ1) is 15.4. The highest BCUT2D eigenvalue weighted by molar-refractivity contribution is 7.99. The Kier molecular flexibility index (Phi) is 4.47. The predicted octanol–water partition coefficient (Wildman–Crippen LogP) is 3.24. The third kappa shape index (κ3) is 3.62. The number of primary amides is 1. The van der Waals surface area contributed by atoms with E-state index in [0.29, 0.717) is 17.6 Å². The lowest BCUT2D eigenvalue weighted by Crippen LogP contribution is -2.11. The number of hydrogen-bond acceptors (Lipinski definition) is 5. The van der Waals surface area contributed by atoms with E-state index in [-0.39, 0.29) is 16.7 Å². The lowest BCUT2D eigenvalue weighted by Gasteiger charge is -2.03. The summed E-state index contributed by atoms with van der Waals surface area (Å²) >= 11 is 1.31. The van der Waals surface area contributed by atoms with Crippen LogP contribution in [0, 0.1) is 5.82 Å². The van der Waals surface area contributed by atoms with Crippen molar-refractivity contribution >= 4 is 28.8 Å². The van der Waals surface area contributed by atoms with Crippen LogP contribution in [0.4, 0.5) is 4.39 Å². The minimum Gasteiger partial charge on any atom is -0.493 e. The molecular weight excluding hydrogens is 319 g/mol. The van der Waals surface area contributed by atoms with Gasteiger partial charge in [0.15, 0.2) is 5.58 Å². The monoisotopic (exact) mass is 332 g/mol. The number of carbonyl (C=O) groups is 1. The third-order valence-electron chi connectivity index (χ3n) is 3.02. The van der Waals surface area contributed by atoms with Gasteiger partial charge in [0.05, 0.1) is 12.2 Å². The molecule has 7 heteroatoms. The molecule has 3 aromatic rings. The van der Waals surface area contributed by atoms with Crippen LogP contribution < -0.4 is 10.5 Å². The van der Waals surface area contributed by atoms with Crippen LogP contribution in [0.1, 0.15) is 10.4 Å². The Morgan fingerprint density at radius 3 is 2.83 bits per heavy atom. The summed E-state index contributed by atoms with van der Waals surface area (Å²) < 4.78 is 24.5. The Morgan fingerprint density at radius 1 is 1.30 bits per heavy atom. The molecule has 118 valence electrons. The van der Waals surface area contributed by atoms with E-state index in [2.05, 4.69) is 4.98 Å². The van der Waals surface area contributed by atoms with Crippen LogP contribution in [-0.4, -0.2) is 23.3 Å². The van der Waals surface area contributed by atoms with Crippen LogP contribution in [0.25, 0.3) is 11.1 Å². The molecule has 1 amide bonds. The van der Waals surface area contributed by atoms with Crippen LogP contribution >= 0.6 is 11.8 Å². The summed E-state index contributed by atoms with van der Waals surface area (Å²) in [5, 5.41) is 0.338. The van der Waals surface area contributed by atoms with Gasteiger partial charge >= 0.3 is 0 Å². The molecule has 1 aromatic heterocycles. The number of benzene rings is 2. The van der Waals surface area contributed by atoms with Crippen LogP contribution in [0.2, 0.25) is 0 Å². The normalized spacial score (nSPS) is 10.8. The number of thioether (sulfide) groups is 1. The first-order valence-corrected chi connectivity index (χ1v) is 7.82. The Morgan fingerprint density at radius 2 is 2.09 bits per heavy atom. The smallest absolute Gasteiger partial charge is 0.256 e. The second kappa shape index (κ2) is 6.70. The summed E-state index contributed by atoms with van der Waals surface area (Å²) in [7, 11) is 0. The first-order chi connectivity index (χ1) is 11.1. The summed E-state index contributed by atoms with van der Waals surface area (Å²) in [5.41, 5.74) is 5.68. The Labute approximate surface area is 135 Å². The SMILES string of the molecule is NC(=O)c1cc(F)cc2nc(SCCOc3ccccc3)oc12. The van der Waals surface area contributed by atoms with E-state index < -0.39 is 11.7 Å². The molecular formula is C16H13FN2O3S. The van der Waals surface area contributed by atoms with E-state index in [9.17, 15) is 9.18 Å². The van der Waals surface area contributed by atoms with Gasteiger partial charge < -0.3 is 14.9 Å². The van der Waals surface area contributed by atoms with Gasteiger partial charge in [0, 0.05) is 11.8 Å². The molecule has 0 fully saturated rings. The highest BCUT2D eigenvalue weighted by Gasteiger charge is 2.16. The maximum atomic E-state index is 13.4. The molecule has 23 heavy (non-hydrogen) atoms. The van der Waals surface area contributed by atoms with Crippen LogP contribution in [0.15, 0.2) is 52.1 Å². The lowest BCUT2D eigenvalue weighted by molar-refractivity contribution is 0.100. The van der Waals surface area contributed by atoms with Crippen molar-refractivity contribution in [2.24, 2.45) is 5.73 Å². The maximum Gasteiger partial charge on any atom is 0.256 e. The van der Waals surface area contributed by atoms with Gasteiger partial charge in [-0.2, -0.15) is 0 Å². The van der Waals surface area contributed by atoms with Crippen molar-refractivity contribution in [1.29, 1.82) is 0 Å². The second-order valence-electron chi connectivity index (χ2n) is 4.66. The Hall–Kier alpha value is -2.54. The van der Waals surface area contributed by atoms with Crippen molar-refractivity contribution in [2.75, 3.05) is 12.4 Å². The third-order valence-corrected chi connectivity index (χ3v) is 3.81. The van der Waals surface area contributed by atoms with E-state index in [4.69, 9.17) is 14.9 Å². The van der Waals surface area contributed by atoms with Crippen molar-refractivity contribution in [3.63, 3.8) is 0 Å². The van der Waals surface area contributed by atoms with Gasteiger partial charge in [-0.25, -0.2) is 9.37 Å². The van der Waals surface area contributed by atoms with Crippen molar-refractivity contribution < 1.29 is 18.3 Å². The van der Waals surface area contributed by atoms with Gasteiger partial charge in [-0.05, 0) is 18.2 Å². The Balaban J connectivity index is 1.67. The molecule has 0 radical (unpaired) electrons. The number of halogens is 1. The standard InChI is InChI=1S/C16H13FN2O3S/c17-10-8-12(15(18)20)14-13(9-10)19-16(22-14)23-7-6-21-11-4-2-1-3-5-11/h1-5,8-9H,6-7H2,(H2,18,20). The number of carbonyl (C=O) groups excluding carboxylic acids is 1. The average molecular weight is 332 g/mol. The molecule has 2 aromatic carbocycles. The minimum absolute atomic E-state index is 0.0140. The molecule has 3 rings (SSSR count). The summed E-state index contributed by atoms with van der Waals surface area (Å²) in [5.74, 6) is 0.0396. The number of fused-ring (bicyclic) bond motifs is 1. The predicted molar refractivity (Wildman–Crippen MR) is 85.1 cm³/mol. The molecule has 0 aliphatic heterocycles. The minimum atomic E-state index is -0.755. The fourth-order valence-electron chi connectivity index (χ4n) is 2.03. The van der Waals surface area contributed by atoms with Gasteiger partial charge in [-0.1, -0.05) is 30.0 Å².